The molecule has 0 amide bonds. The van der Waals surface area contributed by atoms with Crippen LogP contribution < -0.4 is 15.0 Å². The van der Waals surface area contributed by atoms with Gasteiger partial charge in [-0.2, -0.15) is 5.26 Å². The number of thiophene rings is 1. The number of nitriles is 1. The summed E-state index contributed by atoms with van der Waals surface area (Å²) in [6.07, 6.45) is 1.45. The van der Waals surface area contributed by atoms with Crippen molar-refractivity contribution >= 4 is 27.5 Å². The van der Waals surface area contributed by atoms with E-state index in [2.05, 4.69) is 4.98 Å². The number of esters is 1. The van der Waals surface area contributed by atoms with Gasteiger partial charge in [-0.05, 0) is 31.5 Å². The minimum absolute atomic E-state index is 0.00157. The molecule has 0 atom stereocenters. The van der Waals surface area contributed by atoms with E-state index in [9.17, 15) is 9.59 Å². The molecule has 0 unspecified atom stereocenters. The van der Waals surface area contributed by atoms with Crippen LogP contribution >= 0.6 is 11.3 Å². The fourth-order valence-electron chi connectivity index (χ4n) is 2.64. The largest absolute Gasteiger partial charge is 0.493 e. The lowest BCUT2D eigenvalue weighted by Crippen LogP contribution is -2.23. The van der Waals surface area contributed by atoms with Gasteiger partial charge in [0, 0.05) is 17.5 Å². The van der Waals surface area contributed by atoms with Crippen LogP contribution in [0.25, 0.3) is 10.2 Å². The minimum atomic E-state index is -0.511. The van der Waals surface area contributed by atoms with Crippen LogP contribution in [0.5, 0.6) is 11.5 Å². The van der Waals surface area contributed by atoms with Crippen LogP contribution in [0.1, 0.15) is 22.4 Å². The third kappa shape index (κ3) is 3.68. The van der Waals surface area contributed by atoms with Crippen molar-refractivity contribution in [1.82, 2.24) is 9.55 Å². The second-order valence-corrected chi connectivity index (χ2v) is 7.11. The third-order valence-corrected chi connectivity index (χ3v) is 5.34. The van der Waals surface area contributed by atoms with Gasteiger partial charge >= 0.3 is 5.97 Å². The maximum atomic E-state index is 12.6. The summed E-state index contributed by atoms with van der Waals surface area (Å²) < 4.78 is 11.9. The lowest BCUT2D eigenvalue weighted by molar-refractivity contribution is -0.134. The quantitative estimate of drug-likeness (QED) is 0.497. The van der Waals surface area contributed by atoms with Crippen molar-refractivity contribution in [3.05, 3.63) is 50.9 Å². The van der Waals surface area contributed by atoms with E-state index in [0.29, 0.717) is 21.5 Å². The summed E-state index contributed by atoms with van der Waals surface area (Å²) in [5, 5.41) is 9.51. The van der Waals surface area contributed by atoms with Gasteiger partial charge in [0.15, 0.2) is 11.5 Å². The van der Waals surface area contributed by atoms with Gasteiger partial charge in [-0.25, -0.2) is 4.98 Å². The van der Waals surface area contributed by atoms with Crippen molar-refractivity contribution in [1.29, 1.82) is 5.26 Å². The van der Waals surface area contributed by atoms with E-state index >= 15 is 0 Å². The minimum Gasteiger partial charge on any atom is -0.493 e. The van der Waals surface area contributed by atoms with Gasteiger partial charge in [-0.3, -0.25) is 14.2 Å². The first kappa shape index (κ1) is 18.6. The fourth-order valence-corrected chi connectivity index (χ4v) is 3.62. The van der Waals surface area contributed by atoms with Crippen molar-refractivity contribution in [2.75, 3.05) is 7.11 Å². The maximum Gasteiger partial charge on any atom is 0.313 e. The van der Waals surface area contributed by atoms with E-state index < -0.39 is 5.97 Å². The Labute approximate surface area is 159 Å². The van der Waals surface area contributed by atoms with Gasteiger partial charge in [0.25, 0.3) is 5.56 Å². The van der Waals surface area contributed by atoms with Crippen LogP contribution in [0, 0.1) is 25.2 Å². The first-order chi connectivity index (χ1) is 12.9. The molecule has 2 aromatic heterocycles. The van der Waals surface area contributed by atoms with Gasteiger partial charge in [-0.1, -0.05) is 0 Å². The Kier molecular flexibility index (Phi) is 5.23. The molecule has 1 aromatic carbocycles. The summed E-state index contributed by atoms with van der Waals surface area (Å²) in [4.78, 5) is 30.9. The summed E-state index contributed by atoms with van der Waals surface area (Å²) in [6.45, 7) is 4.01. The molecule has 0 N–H and O–H groups in total. The number of carbonyl (C=O) groups is 1. The van der Waals surface area contributed by atoms with Gasteiger partial charge in [0.05, 0.1) is 36.9 Å². The Morgan fingerprint density at radius 3 is 2.81 bits per heavy atom. The molecule has 0 radical (unpaired) electrons. The third-order valence-electron chi connectivity index (χ3n) is 4.23. The molecule has 0 saturated heterocycles. The Morgan fingerprint density at radius 1 is 1.33 bits per heavy atom. The van der Waals surface area contributed by atoms with Crippen molar-refractivity contribution in [2.24, 2.45) is 0 Å². The van der Waals surface area contributed by atoms with Crippen LogP contribution in [0.4, 0.5) is 0 Å². The summed E-state index contributed by atoms with van der Waals surface area (Å²) in [5.74, 6) is 0.0157. The molecule has 7 nitrogen and oxygen atoms in total. The maximum absolute atomic E-state index is 12.6. The van der Waals surface area contributed by atoms with E-state index in [4.69, 9.17) is 14.7 Å². The highest BCUT2D eigenvalue weighted by molar-refractivity contribution is 7.18. The van der Waals surface area contributed by atoms with Gasteiger partial charge in [-0.15, -0.1) is 11.3 Å². The zero-order chi connectivity index (χ0) is 19.6. The summed E-state index contributed by atoms with van der Waals surface area (Å²) >= 11 is 1.48. The van der Waals surface area contributed by atoms with Crippen molar-refractivity contribution in [3.8, 4) is 17.6 Å². The van der Waals surface area contributed by atoms with Crippen LogP contribution in [0.3, 0.4) is 0 Å². The zero-order valence-electron chi connectivity index (χ0n) is 15.1. The van der Waals surface area contributed by atoms with Crippen molar-refractivity contribution in [3.63, 3.8) is 0 Å². The highest BCUT2D eigenvalue weighted by atomic mass is 32.1. The fraction of sp³-hybridized carbons (Fsp3) is 0.263. The number of ether oxygens (including phenoxy) is 2. The number of nitrogens with zero attached hydrogens (tertiary/aromatic N) is 3. The molecule has 0 bridgehead atoms. The van der Waals surface area contributed by atoms with Crippen LogP contribution in [-0.2, 0) is 11.3 Å². The molecule has 3 aromatic rings. The van der Waals surface area contributed by atoms with Crippen LogP contribution in [0.2, 0.25) is 0 Å². The molecule has 0 aliphatic rings. The lowest BCUT2D eigenvalue weighted by Gasteiger charge is -2.10. The molecular formula is C19H17N3O4S. The molecule has 0 saturated carbocycles. The zero-order valence-corrected chi connectivity index (χ0v) is 15.9. The number of aromatic nitrogens is 2. The predicted molar refractivity (Wildman–Crippen MR) is 101 cm³/mol. The topological polar surface area (TPSA) is 94.2 Å². The summed E-state index contributed by atoms with van der Waals surface area (Å²) in [5.41, 5.74) is 1.16. The lowest BCUT2D eigenvalue weighted by atomic mass is 10.2. The number of hydrogen-bond donors (Lipinski definition) is 0. The van der Waals surface area contributed by atoms with E-state index in [1.54, 1.807) is 0 Å². The molecular weight excluding hydrogens is 366 g/mol. The molecule has 3 rings (SSSR count). The smallest absolute Gasteiger partial charge is 0.313 e. The Balaban J connectivity index is 1.74. The van der Waals surface area contributed by atoms with Gasteiger partial charge in [0.2, 0.25) is 0 Å². The van der Waals surface area contributed by atoms with Crippen LogP contribution in [-0.4, -0.2) is 22.6 Å². The molecule has 27 heavy (non-hydrogen) atoms. The summed E-state index contributed by atoms with van der Waals surface area (Å²) in [6, 6.07) is 6.53. The monoisotopic (exact) mass is 383 g/mol. The van der Waals surface area contributed by atoms with E-state index in [-0.39, 0.29) is 24.3 Å². The van der Waals surface area contributed by atoms with Crippen LogP contribution in [0.15, 0.2) is 29.3 Å². The second-order valence-electron chi connectivity index (χ2n) is 5.91. The second kappa shape index (κ2) is 7.60. The molecule has 138 valence electrons. The first-order valence-corrected chi connectivity index (χ1v) is 9.00. The molecule has 2 heterocycles. The Hall–Kier alpha value is -3.18. The number of methoxy groups -OCH3 is 1. The number of benzene rings is 1. The van der Waals surface area contributed by atoms with E-state index in [0.717, 1.165) is 10.4 Å². The van der Waals surface area contributed by atoms with E-state index in [1.165, 1.54) is 47.5 Å². The number of hydrogen-bond acceptors (Lipinski definition) is 7. The molecule has 0 fully saturated rings. The number of rotatable bonds is 5. The standard InChI is InChI=1S/C19H17N3O4S/c1-11-12(2)27-18-17(11)19(24)22(10-21-18)7-6-16(23)26-14-5-4-13(9-20)8-15(14)25-3/h4-5,8,10H,6-7H2,1-3H3. The molecule has 8 heteroatoms. The highest BCUT2D eigenvalue weighted by Gasteiger charge is 2.14. The van der Waals surface area contributed by atoms with Crippen molar-refractivity contribution < 1.29 is 14.3 Å². The highest BCUT2D eigenvalue weighted by Crippen LogP contribution is 2.28. The average molecular weight is 383 g/mol. The number of carbonyl (C=O) groups excluding carboxylic acids is 1. The average Bonchev–Trinajstić information content (AvgIpc) is 2.96. The Bertz CT molecular complexity index is 1120. The molecule has 0 aliphatic carbocycles. The molecule has 0 spiro atoms. The normalized spacial score (nSPS) is 10.6. The van der Waals surface area contributed by atoms with E-state index in [1.807, 2.05) is 19.9 Å². The van der Waals surface area contributed by atoms with Crippen molar-refractivity contribution in [2.45, 2.75) is 26.8 Å². The number of aryl methyl sites for hydroxylation is 3. The summed E-state index contributed by atoms with van der Waals surface area (Å²) in [7, 11) is 1.43. The Morgan fingerprint density at radius 2 is 2.11 bits per heavy atom. The van der Waals surface area contributed by atoms with Gasteiger partial charge in [0.1, 0.15) is 4.83 Å². The SMILES string of the molecule is COc1cc(C#N)ccc1OC(=O)CCn1cnc2sc(C)c(C)c2c1=O. The van der Waals surface area contributed by atoms with Gasteiger partial charge < -0.3 is 9.47 Å². The number of fused-ring (bicyclic) bond motifs is 1. The molecule has 0 aliphatic heterocycles. The first-order valence-electron chi connectivity index (χ1n) is 8.18. The predicted octanol–water partition coefficient (Wildman–Crippen LogP) is 2.95.